The number of nitrogens with zero attached hydrogens (tertiary/aromatic N) is 3. The minimum Gasteiger partial charge on any atom is -0.495 e. The number of carboxylic acid groups (broad SMARTS) is 1. The Morgan fingerprint density at radius 1 is 1.22 bits per heavy atom. The number of carboxylic acids is 1. The van der Waals surface area contributed by atoms with Gasteiger partial charge in [0, 0.05) is 24.7 Å². The van der Waals surface area contributed by atoms with Gasteiger partial charge in [-0.2, -0.15) is 0 Å². The molecule has 0 saturated carbocycles. The zero-order valence-electron chi connectivity index (χ0n) is 14.4. The molecular formula is C17H17ClN4O5. The predicted octanol–water partition coefficient (Wildman–Crippen LogP) is 2.05. The number of halogens is 1. The fraction of sp³-hybridized carbons (Fsp3) is 0.294. The highest BCUT2D eigenvalue weighted by molar-refractivity contribution is 6.29. The van der Waals surface area contributed by atoms with Crippen LogP contribution in [0.5, 0.6) is 5.75 Å². The van der Waals surface area contributed by atoms with E-state index >= 15 is 0 Å². The molecule has 27 heavy (non-hydrogen) atoms. The number of benzene rings is 1. The molecule has 0 spiro atoms. The Bertz CT molecular complexity index is 870. The summed E-state index contributed by atoms with van der Waals surface area (Å²) < 4.78 is 10.6. The number of amides is 1. The molecule has 2 N–H and O–H groups in total. The van der Waals surface area contributed by atoms with Gasteiger partial charge in [-0.3, -0.25) is 4.79 Å². The number of ether oxygens (including phenoxy) is 2. The molecule has 1 fully saturated rings. The number of carbonyl (C=O) groups excluding carboxylic acids is 1. The Hall–Kier alpha value is -2.91. The maximum atomic E-state index is 12.6. The molecular weight excluding hydrogens is 376 g/mol. The third kappa shape index (κ3) is 4.26. The molecule has 2 aromatic rings. The molecule has 0 bridgehead atoms. The van der Waals surface area contributed by atoms with E-state index in [-0.39, 0.29) is 22.4 Å². The molecule has 1 amide bonds. The first-order chi connectivity index (χ1) is 13.0. The summed E-state index contributed by atoms with van der Waals surface area (Å²) in [7, 11) is 1.46. The smallest absolute Gasteiger partial charge is 0.358 e. The number of anilines is 2. The van der Waals surface area contributed by atoms with Crippen LogP contribution >= 0.6 is 11.6 Å². The molecule has 9 nitrogen and oxygen atoms in total. The van der Waals surface area contributed by atoms with E-state index in [1.165, 1.54) is 13.2 Å². The lowest BCUT2D eigenvalue weighted by Gasteiger charge is -2.27. The summed E-state index contributed by atoms with van der Waals surface area (Å²) in [4.78, 5) is 25.6. The van der Waals surface area contributed by atoms with Crippen LogP contribution in [-0.4, -0.2) is 65.5 Å². The number of aromatic carboxylic acids is 1. The first kappa shape index (κ1) is 18.9. The van der Waals surface area contributed by atoms with Crippen LogP contribution in [-0.2, 0) is 4.74 Å². The molecule has 1 aromatic carbocycles. The Kier molecular flexibility index (Phi) is 5.72. The molecule has 10 heteroatoms. The van der Waals surface area contributed by atoms with Crippen molar-refractivity contribution in [1.82, 2.24) is 15.1 Å². The Morgan fingerprint density at radius 3 is 2.63 bits per heavy atom. The Balaban J connectivity index is 1.88. The van der Waals surface area contributed by atoms with Gasteiger partial charge < -0.3 is 24.8 Å². The van der Waals surface area contributed by atoms with Crippen molar-refractivity contribution in [2.45, 2.75) is 0 Å². The fourth-order valence-electron chi connectivity index (χ4n) is 2.64. The minimum absolute atomic E-state index is 0.0422. The standard InChI is InChI=1S/C17H17ClN4O5/c1-26-13-8-10(16(23)22-4-6-27-7-5-22)2-3-11(13)19-12-9-14(18)20-21-15(12)17(24)25/h2-3,8-9H,4-7H2,1H3,(H,19,20)(H,24,25). The second-order valence-corrected chi connectivity index (χ2v) is 6.07. The summed E-state index contributed by atoms with van der Waals surface area (Å²) in [6.45, 7) is 2.08. The quantitative estimate of drug-likeness (QED) is 0.794. The van der Waals surface area contributed by atoms with Crippen LogP contribution in [0.2, 0.25) is 5.15 Å². The van der Waals surface area contributed by atoms with Crippen molar-refractivity contribution >= 4 is 34.9 Å². The van der Waals surface area contributed by atoms with Gasteiger partial charge >= 0.3 is 5.97 Å². The molecule has 1 saturated heterocycles. The van der Waals surface area contributed by atoms with E-state index in [4.69, 9.17) is 21.1 Å². The average Bonchev–Trinajstić information content (AvgIpc) is 2.68. The van der Waals surface area contributed by atoms with Gasteiger partial charge in [0.15, 0.2) is 10.8 Å². The molecule has 0 aliphatic carbocycles. The van der Waals surface area contributed by atoms with Crippen LogP contribution in [0.4, 0.5) is 11.4 Å². The maximum absolute atomic E-state index is 12.6. The van der Waals surface area contributed by atoms with Crippen LogP contribution in [0.1, 0.15) is 20.8 Å². The second-order valence-electron chi connectivity index (χ2n) is 5.68. The monoisotopic (exact) mass is 392 g/mol. The van der Waals surface area contributed by atoms with E-state index < -0.39 is 5.97 Å². The Labute approximate surface area is 159 Å². The molecule has 0 atom stereocenters. The van der Waals surface area contributed by atoms with Crippen molar-refractivity contribution in [3.63, 3.8) is 0 Å². The van der Waals surface area contributed by atoms with E-state index in [9.17, 15) is 14.7 Å². The summed E-state index contributed by atoms with van der Waals surface area (Å²) >= 11 is 5.82. The molecule has 1 aliphatic heterocycles. The summed E-state index contributed by atoms with van der Waals surface area (Å²) in [5.41, 5.74) is 0.800. The van der Waals surface area contributed by atoms with Crippen molar-refractivity contribution in [3.8, 4) is 5.75 Å². The van der Waals surface area contributed by atoms with Gasteiger partial charge in [-0.15, -0.1) is 10.2 Å². The number of hydrogen-bond acceptors (Lipinski definition) is 7. The third-order valence-electron chi connectivity index (χ3n) is 3.98. The van der Waals surface area contributed by atoms with Gasteiger partial charge in [0.05, 0.1) is 31.7 Å². The van der Waals surface area contributed by atoms with E-state index in [0.29, 0.717) is 43.3 Å². The highest BCUT2D eigenvalue weighted by Crippen LogP contribution is 2.31. The number of carbonyl (C=O) groups is 2. The van der Waals surface area contributed by atoms with Gasteiger partial charge in [-0.05, 0) is 18.2 Å². The van der Waals surface area contributed by atoms with Gasteiger partial charge in [-0.1, -0.05) is 11.6 Å². The number of morpholine rings is 1. The molecule has 0 unspecified atom stereocenters. The first-order valence-electron chi connectivity index (χ1n) is 8.08. The van der Waals surface area contributed by atoms with Crippen LogP contribution < -0.4 is 10.1 Å². The third-order valence-corrected chi connectivity index (χ3v) is 4.17. The van der Waals surface area contributed by atoms with Crippen molar-refractivity contribution in [2.75, 3.05) is 38.7 Å². The molecule has 1 aromatic heterocycles. The average molecular weight is 393 g/mol. The van der Waals surface area contributed by atoms with Crippen molar-refractivity contribution in [1.29, 1.82) is 0 Å². The zero-order chi connectivity index (χ0) is 19.4. The maximum Gasteiger partial charge on any atom is 0.358 e. The molecule has 1 aliphatic rings. The van der Waals surface area contributed by atoms with Gasteiger partial charge in [0.1, 0.15) is 5.75 Å². The van der Waals surface area contributed by atoms with Gasteiger partial charge in [-0.25, -0.2) is 4.79 Å². The zero-order valence-corrected chi connectivity index (χ0v) is 15.2. The van der Waals surface area contributed by atoms with E-state index in [0.717, 1.165) is 0 Å². The number of nitrogens with one attached hydrogen (secondary N) is 1. The van der Waals surface area contributed by atoms with Crippen LogP contribution in [0.25, 0.3) is 0 Å². The molecule has 142 valence electrons. The summed E-state index contributed by atoms with van der Waals surface area (Å²) in [5.74, 6) is -0.999. The first-order valence-corrected chi connectivity index (χ1v) is 8.46. The highest BCUT2D eigenvalue weighted by atomic mass is 35.5. The number of methoxy groups -OCH3 is 1. The van der Waals surface area contributed by atoms with Crippen molar-refractivity contribution in [3.05, 3.63) is 40.7 Å². The number of rotatable bonds is 5. The topological polar surface area (TPSA) is 114 Å². The highest BCUT2D eigenvalue weighted by Gasteiger charge is 2.21. The molecule has 0 radical (unpaired) electrons. The summed E-state index contributed by atoms with van der Waals surface area (Å²) in [6.07, 6.45) is 0. The lowest BCUT2D eigenvalue weighted by atomic mass is 10.1. The largest absolute Gasteiger partial charge is 0.495 e. The molecule has 2 heterocycles. The Morgan fingerprint density at radius 2 is 1.96 bits per heavy atom. The van der Waals surface area contributed by atoms with Crippen LogP contribution in [0, 0.1) is 0 Å². The predicted molar refractivity (Wildman–Crippen MR) is 97.0 cm³/mol. The number of hydrogen-bond donors (Lipinski definition) is 2. The fourth-order valence-corrected chi connectivity index (χ4v) is 2.79. The SMILES string of the molecule is COc1cc(C(=O)N2CCOCC2)ccc1Nc1cc(Cl)nnc1C(=O)O. The van der Waals surface area contributed by atoms with Gasteiger partial charge in [0.25, 0.3) is 5.91 Å². The van der Waals surface area contributed by atoms with E-state index in [1.54, 1.807) is 23.1 Å². The van der Waals surface area contributed by atoms with E-state index in [2.05, 4.69) is 15.5 Å². The molecule has 3 rings (SSSR count). The summed E-state index contributed by atoms with van der Waals surface area (Å²) in [5, 5.41) is 19.3. The minimum atomic E-state index is -1.25. The number of aromatic nitrogens is 2. The second kappa shape index (κ2) is 8.19. The lowest BCUT2D eigenvalue weighted by Crippen LogP contribution is -2.40. The normalized spacial score (nSPS) is 13.9. The van der Waals surface area contributed by atoms with E-state index in [1.807, 2.05) is 0 Å². The van der Waals surface area contributed by atoms with Gasteiger partial charge in [0.2, 0.25) is 0 Å². The van der Waals surface area contributed by atoms with Crippen molar-refractivity contribution in [2.24, 2.45) is 0 Å². The summed E-state index contributed by atoms with van der Waals surface area (Å²) in [6, 6.07) is 6.22. The lowest BCUT2D eigenvalue weighted by molar-refractivity contribution is 0.0302. The van der Waals surface area contributed by atoms with Crippen LogP contribution in [0.3, 0.4) is 0 Å². The van der Waals surface area contributed by atoms with Crippen molar-refractivity contribution < 1.29 is 24.2 Å². The van der Waals surface area contributed by atoms with Crippen LogP contribution in [0.15, 0.2) is 24.3 Å².